The van der Waals surface area contributed by atoms with Crippen LogP contribution in [0.4, 0.5) is 0 Å². The molecule has 0 spiro atoms. The summed E-state index contributed by atoms with van der Waals surface area (Å²) in [6.45, 7) is 2.23. The topological polar surface area (TPSA) is 77.5 Å². The van der Waals surface area contributed by atoms with E-state index in [-0.39, 0.29) is 24.6 Å². The smallest absolute Gasteiger partial charge is 0.353 e. The minimum atomic E-state index is -0.361. The number of hydrogen-bond donors (Lipinski definition) is 1. The van der Waals surface area contributed by atoms with Crippen LogP contribution in [-0.4, -0.2) is 27.4 Å². The second-order valence-corrected chi connectivity index (χ2v) is 7.96. The summed E-state index contributed by atoms with van der Waals surface area (Å²) in [5, 5.41) is 10.1. The maximum atomic E-state index is 12.3. The van der Waals surface area contributed by atoms with E-state index in [2.05, 4.69) is 11.9 Å². The van der Waals surface area contributed by atoms with Crippen LogP contribution >= 0.6 is 0 Å². The molecule has 0 aliphatic carbocycles. The van der Waals surface area contributed by atoms with E-state index in [1.807, 2.05) is 6.07 Å². The average Bonchev–Trinajstić information content (AvgIpc) is 3.32. The Kier molecular flexibility index (Phi) is 8.10. The molecular formula is C22H34N2O4. The number of nitrogens with zero attached hydrogens (tertiary/aromatic N) is 2. The van der Waals surface area contributed by atoms with Gasteiger partial charge in [0, 0.05) is 12.6 Å². The fraction of sp³-hybridized carbons (Fsp3) is 0.727. The van der Waals surface area contributed by atoms with Gasteiger partial charge in [0.25, 0.3) is 0 Å². The van der Waals surface area contributed by atoms with Crippen LogP contribution in [0.25, 0.3) is 11.1 Å². The lowest BCUT2D eigenvalue weighted by Crippen LogP contribution is -2.27. The Morgan fingerprint density at radius 1 is 1.11 bits per heavy atom. The van der Waals surface area contributed by atoms with Gasteiger partial charge in [-0.05, 0) is 25.3 Å². The maximum Gasteiger partial charge on any atom is 0.353 e. The third-order valence-corrected chi connectivity index (χ3v) is 5.61. The lowest BCUT2D eigenvalue weighted by atomic mass is 10.1. The Bertz CT molecular complexity index is 782. The molecule has 3 rings (SSSR count). The van der Waals surface area contributed by atoms with Crippen molar-refractivity contribution in [1.29, 1.82) is 0 Å². The SMILES string of the molecule is CCCCCCCCCCCc1cc2cn([C@H]3CC[C@@H](CO)O3)c(=O)nc2o1. The summed E-state index contributed by atoms with van der Waals surface area (Å²) in [4.78, 5) is 16.4. The molecule has 3 heterocycles. The molecule has 2 atom stereocenters. The molecule has 156 valence electrons. The largest absolute Gasteiger partial charge is 0.443 e. The van der Waals surface area contributed by atoms with E-state index >= 15 is 0 Å². The molecule has 1 saturated heterocycles. The number of hydrogen-bond acceptors (Lipinski definition) is 5. The van der Waals surface area contributed by atoms with Gasteiger partial charge in [-0.3, -0.25) is 4.57 Å². The Labute approximate surface area is 166 Å². The van der Waals surface area contributed by atoms with Gasteiger partial charge >= 0.3 is 5.69 Å². The highest BCUT2D eigenvalue weighted by molar-refractivity contribution is 5.72. The number of aryl methyl sites for hydroxylation is 1. The second kappa shape index (κ2) is 10.8. The Hall–Kier alpha value is -1.66. The first-order chi connectivity index (χ1) is 13.7. The van der Waals surface area contributed by atoms with Gasteiger partial charge in [-0.25, -0.2) is 4.79 Å². The van der Waals surface area contributed by atoms with Gasteiger partial charge in [-0.15, -0.1) is 0 Å². The molecule has 0 aromatic carbocycles. The summed E-state index contributed by atoms with van der Waals surface area (Å²) >= 11 is 0. The van der Waals surface area contributed by atoms with Gasteiger partial charge < -0.3 is 14.3 Å². The van der Waals surface area contributed by atoms with E-state index in [1.165, 1.54) is 55.9 Å². The minimum absolute atomic E-state index is 0.0183. The Morgan fingerprint density at radius 3 is 2.50 bits per heavy atom. The molecule has 0 bridgehead atoms. The van der Waals surface area contributed by atoms with Crippen molar-refractivity contribution >= 4 is 11.1 Å². The van der Waals surface area contributed by atoms with E-state index in [1.54, 1.807) is 6.20 Å². The summed E-state index contributed by atoms with van der Waals surface area (Å²) in [6, 6.07) is 1.99. The molecule has 1 fully saturated rings. The third-order valence-electron chi connectivity index (χ3n) is 5.61. The van der Waals surface area contributed by atoms with Crippen molar-refractivity contribution in [2.75, 3.05) is 6.61 Å². The Morgan fingerprint density at radius 2 is 1.82 bits per heavy atom. The van der Waals surface area contributed by atoms with Crippen LogP contribution in [0.5, 0.6) is 0 Å². The monoisotopic (exact) mass is 390 g/mol. The van der Waals surface area contributed by atoms with Crippen LogP contribution in [0, 0.1) is 0 Å². The molecule has 28 heavy (non-hydrogen) atoms. The number of rotatable bonds is 12. The number of unbranched alkanes of at least 4 members (excludes halogenated alkanes) is 8. The first-order valence-electron chi connectivity index (χ1n) is 11.0. The summed E-state index contributed by atoms with van der Waals surface area (Å²) in [6.07, 6.45) is 15.2. The number of ether oxygens (including phenoxy) is 1. The van der Waals surface area contributed by atoms with E-state index in [9.17, 15) is 9.90 Å². The number of fused-ring (bicyclic) bond motifs is 1. The molecule has 6 heteroatoms. The van der Waals surface area contributed by atoms with Crippen molar-refractivity contribution in [1.82, 2.24) is 9.55 Å². The molecule has 2 aromatic heterocycles. The molecule has 6 nitrogen and oxygen atoms in total. The van der Waals surface area contributed by atoms with E-state index < -0.39 is 0 Å². The third kappa shape index (κ3) is 5.67. The van der Waals surface area contributed by atoms with Gasteiger partial charge in [-0.1, -0.05) is 58.3 Å². The van der Waals surface area contributed by atoms with Crippen LogP contribution < -0.4 is 5.69 Å². The maximum absolute atomic E-state index is 12.3. The predicted octanol–water partition coefficient (Wildman–Crippen LogP) is 4.73. The van der Waals surface area contributed by atoms with E-state index in [4.69, 9.17) is 9.15 Å². The molecular weight excluding hydrogens is 356 g/mol. The average molecular weight is 391 g/mol. The number of aliphatic hydroxyl groups excluding tert-OH is 1. The highest BCUT2D eigenvalue weighted by Gasteiger charge is 2.27. The van der Waals surface area contributed by atoms with Gasteiger partial charge in [0.2, 0.25) is 5.71 Å². The van der Waals surface area contributed by atoms with Gasteiger partial charge in [0.05, 0.1) is 18.1 Å². The zero-order valence-electron chi connectivity index (χ0n) is 17.1. The quantitative estimate of drug-likeness (QED) is 0.530. The zero-order valence-corrected chi connectivity index (χ0v) is 17.1. The molecule has 0 radical (unpaired) electrons. The molecule has 0 saturated carbocycles. The van der Waals surface area contributed by atoms with Crippen molar-refractivity contribution in [2.24, 2.45) is 0 Å². The summed E-state index contributed by atoms with van der Waals surface area (Å²) < 4.78 is 13.0. The number of aliphatic hydroxyl groups is 1. The lowest BCUT2D eigenvalue weighted by Gasteiger charge is -2.14. The van der Waals surface area contributed by atoms with Crippen molar-refractivity contribution in [3.05, 3.63) is 28.5 Å². The summed E-state index contributed by atoms with van der Waals surface area (Å²) in [5.74, 6) is 0.892. The highest BCUT2D eigenvalue weighted by Crippen LogP contribution is 2.28. The highest BCUT2D eigenvalue weighted by atomic mass is 16.5. The zero-order chi connectivity index (χ0) is 19.8. The number of furan rings is 1. The number of aromatic nitrogens is 2. The van der Waals surface area contributed by atoms with Crippen LogP contribution in [0.1, 0.15) is 89.5 Å². The standard InChI is InChI=1S/C22H34N2O4/c1-2-3-4-5-6-7-8-9-10-11-18-14-17-15-24(22(26)23-21(17)28-18)20-13-12-19(16-25)27-20/h14-15,19-20,25H,2-13,16H2,1H3/t19-,20+/m0/s1. The molecule has 2 aromatic rings. The van der Waals surface area contributed by atoms with Crippen molar-refractivity contribution in [2.45, 2.75) is 96.3 Å². The van der Waals surface area contributed by atoms with Gasteiger partial charge in [0.1, 0.15) is 12.0 Å². The summed E-state index contributed by atoms with van der Waals surface area (Å²) in [7, 11) is 0. The van der Waals surface area contributed by atoms with Gasteiger partial charge in [0.15, 0.2) is 0 Å². The first-order valence-corrected chi connectivity index (χ1v) is 11.0. The summed E-state index contributed by atoms with van der Waals surface area (Å²) in [5.41, 5.74) is 0.0453. The van der Waals surface area contributed by atoms with Crippen LogP contribution in [0.15, 0.2) is 21.5 Å². The molecule has 1 N–H and O–H groups in total. The van der Waals surface area contributed by atoms with Crippen molar-refractivity contribution in [3.8, 4) is 0 Å². The predicted molar refractivity (Wildman–Crippen MR) is 109 cm³/mol. The molecule has 1 aliphatic rings. The normalized spacial score (nSPS) is 19.6. The molecule has 1 aliphatic heterocycles. The van der Waals surface area contributed by atoms with Crippen LogP contribution in [-0.2, 0) is 11.2 Å². The lowest BCUT2D eigenvalue weighted by molar-refractivity contribution is -0.0243. The minimum Gasteiger partial charge on any atom is -0.443 e. The van der Waals surface area contributed by atoms with Crippen molar-refractivity contribution in [3.63, 3.8) is 0 Å². The van der Waals surface area contributed by atoms with E-state index in [0.29, 0.717) is 12.1 Å². The fourth-order valence-electron chi connectivity index (χ4n) is 3.94. The molecule has 0 unspecified atom stereocenters. The van der Waals surface area contributed by atoms with Gasteiger partial charge in [-0.2, -0.15) is 4.98 Å². The van der Waals surface area contributed by atoms with Crippen molar-refractivity contribution < 1.29 is 14.3 Å². The van der Waals surface area contributed by atoms with Crippen LogP contribution in [0.3, 0.4) is 0 Å². The van der Waals surface area contributed by atoms with E-state index in [0.717, 1.165) is 30.4 Å². The Balaban J connectivity index is 1.47. The van der Waals surface area contributed by atoms with Crippen LogP contribution in [0.2, 0.25) is 0 Å². The second-order valence-electron chi connectivity index (χ2n) is 7.96. The molecule has 0 amide bonds. The first kappa shape index (κ1) is 21.1. The fourth-order valence-corrected chi connectivity index (χ4v) is 3.94.